The van der Waals surface area contributed by atoms with Crippen LogP contribution in [-0.4, -0.2) is 245 Å². The van der Waals surface area contributed by atoms with Crippen LogP contribution < -0.4 is 11.1 Å². The molecule has 0 bridgehead atoms. The molecule has 0 radical (unpaired) electrons. The Morgan fingerprint density at radius 1 is 0.505 bits per heavy atom. The first kappa shape index (κ1) is 75.3. The number of nitrogens with zero attached hydrogens (tertiary/aromatic N) is 11. The minimum Gasteiger partial charge on any atom is -0.383 e. The second-order valence-electron chi connectivity index (χ2n) is 30.8. The standard InChI is InChI=1S/C72H111N13O14/c1-67-21-15-51(86)39-49(67)11-13-53-55(67)17-23-69(3)57(53)19-25-71(69,94)59-42-84(77-75-59)29-9-27-74-41-62(89)81(32-36-97-6)46-66(93)82(33-37-98-7)47-63(90)79(45-65(92)83(34-38-99-8)48-64(91)80(31-35-96-5)44-61(73)88)28-10-30-85-43-60(76-78-85)72(95)26-20-58-54-14-12-50-40-52(87)16-22-68(50,2)56(54)18-24-70(58,72)4/h39-40,42-43,53-58,74,94-95H,9-38,41,44-48H2,1-8H3,(H2,73,88)/t53?,54?,55?,56?,57?,58?,67-,68-,69-,70-,71+,72+/m0/s1. The molecule has 0 aromatic carbocycles. The third-order valence-electron chi connectivity index (χ3n) is 25.7. The van der Waals surface area contributed by atoms with E-state index in [9.17, 15) is 48.6 Å². The molecule has 2 aromatic rings. The van der Waals surface area contributed by atoms with E-state index in [1.807, 2.05) is 18.3 Å². The second kappa shape index (κ2) is 31.9. The van der Waals surface area contributed by atoms with Crippen LogP contribution in [0.4, 0.5) is 0 Å². The summed E-state index contributed by atoms with van der Waals surface area (Å²) in [6.45, 7) is 8.24. The molecule has 6 amide bonds. The van der Waals surface area contributed by atoms with Gasteiger partial charge < -0.3 is 64.7 Å². The normalized spacial score (nSPS) is 30.6. The quantitative estimate of drug-likeness (QED) is 0.0727. The molecule has 6 fully saturated rings. The molecule has 12 atom stereocenters. The van der Waals surface area contributed by atoms with Gasteiger partial charge in [-0.05, 0) is 168 Å². The number of aliphatic hydroxyl groups is 2. The Hall–Kier alpha value is -6.36. The molecule has 6 saturated carbocycles. The fourth-order valence-corrected chi connectivity index (χ4v) is 19.8. The maximum absolute atomic E-state index is 14.9. The molecule has 8 aliphatic rings. The Bertz CT molecular complexity index is 3320. The van der Waals surface area contributed by atoms with Crippen LogP contribution in [0.15, 0.2) is 35.7 Å². The molecule has 8 aliphatic carbocycles. The molecule has 0 saturated heterocycles. The fraction of sp³-hybridized carbons (Fsp3) is 0.778. The van der Waals surface area contributed by atoms with Crippen molar-refractivity contribution in [2.45, 2.75) is 168 Å². The summed E-state index contributed by atoms with van der Waals surface area (Å²) < 4.78 is 24.7. The van der Waals surface area contributed by atoms with E-state index in [1.165, 1.54) is 64.1 Å². The summed E-state index contributed by atoms with van der Waals surface area (Å²) in [6.07, 6.45) is 21.7. The Labute approximate surface area is 582 Å². The van der Waals surface area contributed by atoms with Crippen LogP contribution in [0, 0.1) is 57.2 Å². The lowest BCUT2D eigenvalue weighted by molar-refractivity contribution is -0.148. The van der Waals surface area contributed by atoms with Gasteiger partial charge in [-0.1, -0.05) is 49.3 Å². The molecule has 0 aliphatic heterocycles. The van der Waals surface area contributed by atoms with Crippen LogP contribution in [0.1, 0.15) is 155 Å². The monoisotopic (exact) mass is 1380 g/mol. The lowest BCUT2D eigenvalue weighted by atomic mass is 9.46. The van der Waals surface area contributed by atoms with Crippen molar-refractivity contribution in [2.75, 3.05) is 133 Å². The molecule has 2 heterocycles. The molecular formula is C72H111N13O14. The lowest BCUT2D eigenvalue weighted by Crippen LogP contribution is -2.53. The molecule has 27 nitrogen and oxygen atoms in total. The first-order valence-electron chi connectivity index (χ1n) is 36.4. The van der Waals surface area contributed by atoms with Gasteiger partial charge in [0.05, 0.1) is 78.1 Å². The summed E-state index contributed by atoms with van der Waals surface area (Å²) >= 11 is 0. The molecule has 0 spiro atoms. The van der Waals surface area contributed by atoms with Crippen molar-refractivity contribution < 1.29 is 67.5 Å². The predicted molar refractivity (Wildman–Crippen MR) is 363 cm³/mol. The van der Waals surface area contributed by atoms with Crippen LogP contribution >= 0.6 is 0 Å². The van der Waals surface area contributed by atoms with E-state index in [2.05, 4.69) is 53.6 Å². The van der Waals surface area contributed by atoms with E-state index in [1.54, 1.807) is 15.6 Å². The highest BCUT2D eigenvalue weighted by atomic mass is 16.5. The number of ether oxygens (including phenoxy) is 4. The number of aromatic nitrogens is 6. The maximum Gasteiger partial charge on any atom is 0.242 e. The second-order valence-corrected chi connectivity index (χ2v) is 30.8. The number of nitrogens with one attached hydrogen (secondary N) is 1. The van der Waals surface area contributed by atoms with Gasteiger partial charge in [0.25, 0.3) is 0 Å². The smallest absolute Gasteiger partial charge is 0.242 e. The number of methoxy groups -OCH3 is 4. The summed E-state index contributed by atoms with van der Waals surface area (Å²) in [5, 5.41) is 46.8. The van der Waals surface area contributed by atoms with E-state index in [4.69, 9.17) is 24.7 Å². The first-order chi connectivity index (χ1) is 47.3. The number of aryl methyl sites for hydroxylation is 2. The first-order valence-corrected chi connectivity index (χ1v) is 36.4. The largest absolute Gasteiger partial charge is 0.383 e. The number of nitrogens with two attached hydrogens (primary N) is 1. The Balaban J connectivity index is 0.772. The number of rotatable bonds is 34. The molecule has 99 heavy (non-hydrogen) atoms. The van der Waals surface area contributed by atoms with Gasteiger partial charge in [-0.2, -0.15) is 0 Å². The molecule has 5 N–H and O–H groups in total. The zero-order valence-electron chi connectivity index (χ0n) is 60.0. The van der Waals surface area contributed by atoms with Crippen molar-refractivity contribution in [2.24, 2.45) is 62.9 Å². The summed E-state index contributed by atoms with van der Waals surface area (Å²) in [7, 11) is 5.86. The minimum absolute atomic E-state index is 0.0106. The predicted octanol–water partition coefficient (Wildman–Crippen LogP) is 3.59. The summed E-state index contributed by atoms with van der Waals surface area (Å²) in [6, 6.07) is 0. The number of hydrogen-bond donors (Lipinski definition) is 4. The van der Waals surface area contributed by atoms with Crippen LogP contribution in [0.2, 0.25) is 0 Å². The van der Waals surface area contributed by atoms with Crippen LogP contribution in [0.25, 0.3) is 0 Å². The van der Waals surface area contributed by atoms with Gasteiger partial charge in [-0.3, -0.25) is 47.7 Å². The summed E-state index contributed by atoms with van der Waals surface area (Å²) in [4.78, 5) is 115. The van der Waals surface area contributed by atoms with Crippen molar-refractivity contribution in [3.05, 3.63) is 47.1 Å². The SMILES string of the molecule is COCCN(CC(N)=O)C(=O)CN(CCOC)C(=O)CN(CCCn1cc([C@]2(O)CCC3C4CCC5=CC(=O)CC[C@]5(C)C4CC[C@@]32C)nn1)C(=O)CN(CCOC)C(=O)CN(CCOC)C(=O)CNCCCn1cc([C@]2(O)CCC3C4CCC5=CC(=O)CC[C@]5(C)C4CC[C@@]32C)nn1. The number of carbonyl (C=O) groups is 8. The van der Waals surface area contributed by atoms with E-state index < -0.39 is 78.9 Å². The number of ketones is 2. The lowest BCUT2D eigenvalue weighted by Gasteiger charge is -2.59. The Morgan fingerprint density at radius 3 is 1.28 bits per heavy atom. The summed E-state index contributed by atoms with van der Waals surface area (Å²) in [5.74, 6) is -0.560. The van der Waals surface area contributed by atoms with E-state index >= 15 is 0 Å². The van der Waals surface area contributed by atoms with Gasteiger partial charge in [0, 0.05) is 97.9 Å². The van der Waals surface area contributed by atoms with Crippen molar-refractivity contribution in [1.82, 2.24) is 59.8 Å². The topological polar surface area (TPSA) is 330 Å². The third kappa shape index (κ3) is 15.5. The Kier molecular flexibility index (Phi) is 24.3. The van der Waals surface area contributed by atoms with Gasteiger partial charge in [0.1, 0.15) is 22.6 Å². The zero-order valence-corrected chi connectivity index (χ0v) is 60.0. The van der Waals surface area contributed by atoms with Gasteiger partial charge in [-0.25, -0.2) is 0 Å². The number of amides is 6. The van der Waals surface area contributed by atoms with Crippen molar-refractivity contribution in [3.63, 3.8) is 0 Å². The van der Waals surface area contributed by atoms with Crippen LogP contribution in [0.3, 0.4) is 0 Å². The average Bonchev–Trinajstić information content (AvgIpc) is 1.63. The Morgan fingerprint density at radius 2 is 0.879 bits per heavy atom. The van der Waals surface area contributed by atoms with Crippen molar-refractivity contribution >= 4 is 47.0 Å². The number of primary amides is 1. The molecule has 27 heteroatoms. The third-order valence-corrected chi connectivity index (χ3v) is 25.7. The molecule has 6 unspecified atom stereocenters. The molecular weight excluding hydrogens is 1270 g/mol. The number of fused-ring (bicyclic) bond motifs is 10. The molecule has 10 rings (SSSR count). The highest BCUT2D eigenvalue weighted by molar-refractivity contribution is 5.93. The minimum atomic E-state index is -1.24. The maximum atomic E-state index is 14.9. The number of allylic oxidation sites excluding steroid dienone is 2. The van der Waals surface area contributed by atoms with Crippen molar-refractivity contribution in [1.29, 1.82) is 0 Å². The molecule has 2 aromatic heterocycles. The van der Waals surface area contributed by atoms with Gasteiger partial charge >= 0.3 is 0 Å². The van der Waals surface area contributed by atoms with E-state index in [-0.39, 0.29) is 118 Å². The highest BCUT2D eigenvalue weighted by Gasteiger charge is 2.67. The fourth-order valence-electron chi connectivity index (χ4n) is 19.8. The van der Waals surface area contributed by atoms with Gasteiger partial charge in [-0.15, -0.1) is 10.2 Å². The van der Waals surface area contributed by atoms with Gasteiger partial charge in [0.15, 0.2) is 11.6 Å². The number of carbonyl (C=O) groups excluding carboxylic acids is 8. The van der Waals surface area contributed by atoms with E-state index in [0.717, 1.165) is 77.0 Å². The van der Waals surface area contributed by atoms with Crippen molar-refractivity contribution in [3.8, 4) is 0 Å². The van der Waals surface area contributed by atoms with Crippen LogP contribution in [0.5, 0.6) is 0 Å². The van der Waals surface area contributed by atoms with Crippen LogP contribution in [-0.2, 0) is 81.6 Å². The number of hydrogen-bond acceptors (Lipinski definition) is 19. The van der Waals surface area contributed by atoms with Gasteiger partial charge in [0.2, 0.25) is 35.4 Å². The average molecular weight is 1380 g/mol. The summed E-state index contributed by atoms with van der Waals surface area (Å²) in [5.41, 5.74) is 6.07. The molecule has 548 valence electrons. The van der Waals surface area contributed by atoms with E-state index in [0.29, 0.717) is 86.2 Å². The zero-order chi connectivity index (χ0) is 71.1. The highest BCUT2D eigenvalue weighted by Crippen LogP contribution is 2.71.